The molecule has 1 fully saturated rings. The molecule has 1 aromatic rings. The summed E-state index contributed by atoms with van der Waals surface area (Å²) < 4.78 is 10.4. The van der Waals surface area contributed by atoms with Gasteiger partial charge in [0.15, 0.2) is 11.7 Å². The summed E-state index contributed by atoms with van der Waals surface area (Å²) >= 11 is 5.01. The lowest BCUT2D eigenvalue weighted by Gasteiger charge is -2.21. The lowest BCUT2D eigenvalue weighted by atomic mass is 9.86. The van der Waals surface area contributed by atoms with Crippen molar-refractivity contribution >= 4 is 29.1 Å². The Hall–Kier alpha value is -2.35. The number of amides is 2. The standard InChI is InChI=1S/C19H27N3O4S/c1-25-15-8-10-16(11-9-15)26-13-18(24)21-22-19(27)20-17(23)12-7-14-5-3-2-4-6-14/h8-11,14H,2-7,12-13H2,1H3,(H,21,24)(H2,20,22,23,27). The van der Waals surface area contributed by atoms with Gasteiger partial charge in [0.2, 0.25) is 5.91 Å². The summed E-state index contributed by atoms with van der Waals surface area (Å²) in [7, 11) is 1.58. The van der Waals surface area contributed by atoms with Gasteiger partial charge in [-0.25, -0.2) is 0 Å². The smallest absolute Gasteiger partial charge is 0.276 e. The topological polar surface area (TPSA) is 88.7 Å². The van der Waals surface area contributed by atoms with Gasteiger partial charge < -0.3 is 14.8 Å². The Kier molecular flexibility index (Phi) is 8.83. The van der Waals surface area contributed by atoms with Crippen LogP contribution in [-0.2, 0) is 9.59 Å². The first kappa shape index (κ1) is 21.0. The Balaban J connectivity index is 1.58. The molecule has 7 nitrogen and oxygen atoms in total. The van der Waals surface area contributed by atoms with Crippen LogP contribution in [0.5, 0.6) is 11.5 Å². The molecule has 0 spiro atoms. The normalized spacial score (nSPS) is 14.1. The van der Waals surface area contributed by atoms with Gasteiger partial charge in [0, 0.05) is 6.42 Å². The number of hydrogen-bond donors (Lipinski definition) is 3. The van der Waals surface area contributed by atoms with E-state index in [-0.39, 0.29) is 17.6 Å². The summed E-state index contributed by atoms with van der Waals surface area (Å²) in [6.45, 7) is -0.183. The molecular weight excluding hydrogens is 366 g/mol. The number of carbonyl (C=O) groups is 2. The van der Waals surface area contributed by atoms with E-state index in [9.17, 15) is 9.59 Å². The predicted molar refractivity (Wildman–Crippen MR) is 106 cm³/mol. The largest absolute Gasteiger partial charge is 0.497 e. The molecule has 1 saturated carbocycles. The molecule has 0 atom stereocenters. The molecule has 8 heteroatoms. The number of hydrogen-bond acceptors (Lipinski definition) is 5. The molecule has 2 rings (SSSR count). The minimum Gasteiger partial charge on any atom is -0.497 e. The van der Waals surface area contributed by atoms with E-state index in [1.807, 2.05) is 0 Å². The molecule has 3 N–H and O–H groups in total. The summed E-state index contributed by atoms with van der Waals surface area (Å²) in [5, 5.41) is 2.64. The fourth-order valence-corrected chi connectivity index (χ4v) is 3.18. The number of benzene rings is 1. The van der Waals surface area contributed by atoms with Crippen LogP contribution in [0.3, 0.4) is 0 Å². The van der Waals surface area contributed by atoms with Crippen molar-refractivity contribution in [3.8, 4) is 11.5 Å². The van der Waals surface area contributed by atoms with Crippen LogP contribution in [0.25, 0.3) is 0 Å². The average molecular weight is 394 g/mol. The van der Waals surface area contributed by atoms with Crippen molar-refractivity contribution in [1.82, 2.24) is 16.2 Å². The number of methoxy groups -OCH3 is 1. The van der Waals surface area contributed by atoms with E-state index in [0.29, 0.717) is 23.8 Å². The Morgan fingerprint density at radius 2 is 1.70 bits per heavy atom. The molecule has 148 valence electrons. The zero-order valence-electron chi connectivity index (χ0n) is 15.6. The number of hydrazine groups is 1. The number of ether oxygens (including phenoxy) is 2. The van der Waals surface area contributed by atoms with Crippen LogP contribution in [0.1, 0.15) is 44.9 Å². The Morgan fingerprint density at radius 3 is 2.37 bits per heavy atom. The maximum absolute atomic E-state index is 11.9. The minimum absolute atomic E-state index is 0.0708. The highest BCUT2D eigenvalue weighted by Gasteiger charge is 2.15. The van der Waals surface area contributed by atoms with Crippen LogP contribution in [-0.4, -0.2) is 30.6 Å². The zero-order valence-corrected chi connectivity index (χ0v) is 16.4. The lowest BCUT2D eigenvalue weighted by Crippen LogP contribution is -2.49. The van der Waals surface area contributed by atoms with Crippen LogP contribution >= 0.6 is 12.2 Å². The fourth-order valence-electron chi connectivity index (χ4n) is 3.01. The molecule has 0 saturated heterocycles. The number of nitrogens with one attached hydrogen (secondary N) is 3. The maximum Gasteiger partial charge on any atom is 0.276 e. The molecule has 0 aromatic heterocycles. The molecule has 1 aliphatic carbocycles. The van der Waals surface area contributed by atoms with E-state index >= 15 is 0 Å². The van der Waals surface area contributed by atoms with Gasteiger partial charge in [-0.05, 0) is 48.8 Å². The Bertz CT molecular complexity index is 630. The molecule has 0 aliphatic heterocycles. The quantitative estimate of drug-likeness (QED) is 0.487. The zero-order chi connectivity index (χ0) is 19.5. The first-order valence-electron chi connectivity index (χ1n) is 9.22. The first-order valence-corrected chi connectivity index (χ1v) is 9.63. The third-order valence-electron chi connectivity index (χ3n) is 4.50. The van der Waals surface area contributed by atoms with Gasteiger partial charge in [0.1, 0.15) is 11.5 Å². The van der Waals surface area contributed by atoms with E-state index in [4.69, 9.17) is 21.7 Å². The van der Waals surface area contributed by atoms with Gasteiger partial charge in [-0.3, -0.25) is 20.4 Å². The highest BCUT2D eigenvalue weighted by Crippen LogP contribution is 2.27. The van der Waals surface area contributed by atoms with Crippen molar-refractivity contribution in [3.05, 3.63) is 24.3 Å². The Morgan fingerprint density at radius 1 is 1.04 bits per heavy atom. The van der Waals surface area contributed by atoms with Crippen molar-refractivity contribution in [1.29, 1.82) is 0 Å². The highest BCUT2D eigenvalue weighted by molar-refractivity contribution is 7.80. The van der Waals surface area contributed by atoms with Crippen molar-refractivity contribution in [2.45, 2.75) is 44.9 Å². The summed E-state index contributed by atoms with van der Waals surface area (Å²) in [5.41, 5.74) is 4.90. The SMILES string of the molecule is COc1ccc(OCC(=O)NNC(=S)NC(=O)CCC2CCCCC2)cc1. The molecule has 2 amide bonds. The summed E-state index contributed by atoms with van der Waals surface area (Å²) in [6, 6.07) is 6.89. The van der Waals surface area contributed by atoms with Gasteiger partial charge in [0.05, 0.1) is 7.11 Å². The van der Waals surface area contributed by atoms with Crippen molar-refractivity contribution in [2.75, 3.05) is 13.7 Å². The van der Waals surface area contributed by atoms with E-state index in [1.54, 1.807) is 31.4 Å². The molecule has 0 bridgehead atoms. The number of carbonyl (C=O) groups excluding carboxylic acids is 2. The van der Waals surface area contributed by atoms with E-state index in [2.05, 4.69) is 16.2 Å². The fraction of sp³-hybridized carbons (Fsp3) is 0.526. The van der Waals surface area contributed by atoms with Gasteiger partial charge in [0.25, 0.3) is 5.91 Å². The van der Waals surface area contributed by atoms with Gasteiger partial charge >= 0.3 is 0 Å². The van der Waals surface area contributed by atoms with Crippen molar-refractivity contribution in [3.63, 3.8) is 0 Å². The predicted octanol–water partition coefficient (Wildman–Crippen LogP) is 2.46. The van der Waals surface area contributed by atoms with Crippen LogP contribution in [0.2, 0.25) is 0 Å². The molecule has 1 aromatic carbocycles. The highest BCUT2D eigenvalue weighted by atomic mass is 32.1. The van der Waals surface area contributed by atoms with E-state index in [1.165, 1.54) is 32.1 Å². The van der Waals surface area contributed by atoms with Crippen LogP contribution in [0, 0.1) is 5.92 Å². The van der Waals surface area contributed by atoms with E-state index < -0.39 is 5.91 Å². The summed E-state index contributed by atoms with van der Waals surface area (Å²) in [4.78, 5) is 23.7. The third-order valence-corrected chi connectivity index (χ3v) is 4.71. The maximum atomic E-state index is 11.9. The Labute approximate surface area is 165 Å². The third kappa shape index (κ3) is 8.25. The van der Waals surface area contributed by atoms with Gasteiger partial charge in [-0.15, -0.1) is 0 Å². The second-order valence-electron chi connectivity index (χ2n) is 6.56. The molecular formula is C19H27N3O4S. The molecule has 0 unspecified atom stereocenters. The van der Waals surface area contributed by atoms with Crippen LogP contribution in [0.4, 0.5) is 0 Å². The second kappa shape index (κ2) is 11.4. The van der Waals surface area contributed by atoms with Gasteiger partial charge in [-0.2, -0.15) is 0 Å². The molecule has 0 radical (unpaired) electrons. The summed E-state index contributed by atoms with van der Waals surface area (Å²) in [6.07, 6.45) is 7.57. The van der Waals surface area contributed by atoms with Crippen molar-refractivity contribution in [2.24, 2.45) is 5.92 Å². The molecule has 27 heavy (non-hydrogen) atoms. The first-order chi connectivity index (χ1) is 13.1. The van der Waals surface area contributed by atoms with E-state index in [0.717, 1.165) is 6.42 Å². The monoisotopic (exact) mass is 393 g/mol. The van der Waals surface area contributed by atoms with Crippen LogP contribution in [0.15, 0.2) is 24.3 Å². The summed E-state index contributed by atoms with van der Waals surface area (Å²) in [5.74, 6) is 1.34. The van der Waals surface area contributed by atoms with Crippen LogP contribution < -0.4 is 25.6 Å². The molecule has 0 heterocycles. The van der Waals surface area contributed by atoms with Crippen molar-refractivity contribution < 1.29 is 19.1 Å². The molecule has 1 aliphatic rings. The average Bonchev–Trinajstić information content (AvgIpc) is 2.70. The minimum atomic E-state index is -0.412. The number of rotatable bonds is 7. The number of thiocarbonyl (C=S) groups is 1. The second-order valence-corrected chi connectivity index (χ2v) is 6.97. The lowest BCUT2D eigenvalue weighted by molar-refractivity contribution is -0.124. The van der Waals surface area contributed by atoms with Gasteiger partial charge in [-0.1, -0.05) is 32.1 Å².